The molecular weight excluding hydrogens is 320 g/mol. The van der Waals surface area contributed by atoms with Crippen molar-refractivity contribution in [3.8, 4) is 0 Å². The monoisotopic (exact) mass is 364 g/mol. The van der Waals surface area contributed by atoms with Crippen LogP contribution in [0.2, 0.25) is 0 Å². The molecule has 0 heterocycles. The third-order valence-electron chi connectivity index (χ3n) is 6.83. The van der Waals surface area contributed by atoms with Crippen LogP contribution in [-0.4, -0.2) is 19.0 Å². The van der Waals surface area contributed by atoms with Gasteiger partial charge in [0.1, 0.15) is 6.29 Å². The third-order valence-corrected chi connectivity index (χ3v) is 6.83. The van der Waals surface area contributed by atoms with Crippen LogP contribution in [0.3, 0.4) is 0 Å². The number of hydrogen-bond acceptors (Lipinski definition) is 2. The number of hydrogen-bond donors (Lipinski definition) is 0. The molecule has 0 spiro atoms. The van der Waals surface area contributed by atoms with Crippen molar-refractivity contribution in [3.63, 3.8) is 0 Å². The molecule has 2 nitrogen and oxygen atoms in total. The van der Waals surface area contributed by atoms with Gasteiger partial charge in [-0.15, -0.1) is 0 Å². The van der Waals surface area contributed by atoms with Gasteiger partial charge in [-0.25, -0.2) is 0 Å². The summed E-state index contributed by atoms with van der Waals surface area (Å²) in [5.41, 5.74) is 0. The van der Waals surface area contributed by atoms with Gasteiger partial charge in [0, 0.05) is 12.5 Å². The molecule has 2 rings (SSSR count). The van der Waals surface area contributed by atoms with E-state index in [-0.39, 0.29) is 5.92 Å². The number of carbonyl (C=O) groups is 1. The fourth-order valence-corrected chi connectivity index (χ4v) is 5.03. The van der Waals surface area contributed by atoms with Crippen LogP contribution < -0.4 is 0 Å². The normalized spacial score (nSPS) is 25.0. The van der Waals surface area contributed by atoms with Crippen molar-refractivity contribution in [2.45, 2.75) is 122 Å². The standard InChI is InChI=1S/C24H44O2/c1-21(20-25)11-6-4-2-3-5-9-18-26-24-17-16-23(19-24)15-10-14-22-12-7-8-13-22/h20-24H,2-19H2,1H3. The summed E-state index contributed by atoms with van der Waals surface area (Å²) in [6.45, 7) is 3.00. The second kappa shape index (κ2) is 13.7. The zero-order valence-electron chi connectivity index (χ0n) is 17.4. The predicted octanol–water partition coefficient (Wildman–Crippen LogP) is 7.10. The largest absolute Gasteiger partial charge is 0.378 e. The lowest BCUT2D eigenvalue weighted by Gasteiger charge is -2.14. The maximum absolute atomic E-state index is 10.6. The number of unbranched alkanes of at least 4 members (excludes halogenated alkanes) is 5. The van der Waals surface area contributed by atoms with Crippen LogP contribution >= 0.6 is 0 Å². The molecule has 0 aliphatic heterocycles. The van der Waals surface area contributed by atoms with Crippen LogP contribution in [0.25, 0.3) is 0 Å². The Bertz CT molecular complexity index is 348. The maximum atomic E-state index is 10.6. The van der Waals surface area contributed by atoms with E-state index in [1.165, 1.54) is 103 Å². The minimum Gasteiger partial charge on any atom is -0.378 e. The summed E-state index contributed by atoms with van der Waals surface area (Å²) < 4.78 is 6.15. The topological polar surface area (TPSA) is 26.3 Å². The lowest BCUT2D eigenvalue weighted by molar-refractivity contribution is -0.110. The Morgan fingerprint density at radius 1 is 0.846 bits per heavy atom. The zero-order chi connectivity index (χ0) is 18.5. The zero-order valence-corrected chi connectivity index (χ0v) is 17.4. The highest BCUT2D eigenvalue weighted by Crippen LogP contribution is 2.34. The smallest absolute Gasteiger partial charge is 0.122 e. The lowest BCUT2D eigenvalue weighted by atomic mass is 9.95. The Morgan fingerprint density at radius 3 is 2.31 bits per heavy atom. The highest BCUT2D eigenvalue weighted by atomic mass is 16.5. The van der Waals surface area contributed by atoms with Crippen molar-refractivity contribution >= 4 is 6.29 Å². The summed E-state index contributed by atoms with van der Waals surface area (Å²) in [6.07, 6.45) is 24.9. The molecule has 0 aromatic rings. The molecule has 2 fully saturated rings. The molecule has 0 N–H and O–H groups in total. The van der Waals surface area contributed by atoms with Crippen molar-refractivity contribution in [1.82, 2.24) is 0 Å². The molecular formula is C24H44O2. The summed E-state index contributed by atoms with van der Waals surface area (Å²) in [4.78, 5) is 10.6. The lowest BCUT2D eigenvalue weighted by Crippen LogP contribution is -2.10. The van der Waals surface area contributed by atoms with Crippen molar-refractivity contribution in [2.75, 3.05) is 6.61 Å². The summed E-state index contributed by atoms with van der Waals surface area (Å²) in [5.74, 6) is 2.27. The number of ether oxygens (including phenoxy) is 1. The fourth-order valence-electron chi connectivity index (χ4n) is 5.03. The van der Waals surface area contributed by atoms with Gasteiger partial charge >= 0.3 is 0 Å². The first-order valence-corrected chi connectivity index (χ1v) is 11.8. The average Bonchev–Trinajstić information content (AvgIpc) is 3.32. The molecule has 2 heteroatoms. The summed E-state index contributed by atoms with van der Waals surface area (Å²) in [7, 11) is 0. The van der Waals surface area contributed by atoms with Crippen LogP contribution in [0.1, 0.15) is 116 Å². The molecule has 0 bridgehead atoms. The van der Waals surface area contributed by atoms with E-state index in [2.05, 4.69) is 0 Å². The molecule has 2 aliphatic rings. The van der Waals surface area contributed by atoms with E-state index < -0.39 is 0 Å². The van der Waals surface area contributed by atoms with E-state index in [1.54, 1.807) is 0 Å². The molecule has 3 unspecified atom stereocenters. The van der Waals surface area contributed by atoms with Gasteiger partial charge in [-0.05, 0) is 43.9 Å². The van der Waals surface area contributed by atoms with Crippen LogP contribution in [0, 0.1) is 17.8 Å². The molecule has 0 saturated heterocycles. The quantitative estimate of drug-likeness (QED) is 0.229. The van der Waals surface area contributed by atoms with Gasteiger partial charge in [0.15, 0.2) is 0 Å². The van der Waals surface area contributed by atoms with Gasteiger partial charge in [0.2, 0.25) is 0 Å². The highest BCUT2D eigenvalue weighted by Gasteiger charge is 2.25. The molecule has 152 valence electrons. The Hall–Kier alpha value is -0.370. The fraction of sp³-hybridized carbons (Fsp3) is 0.958. The van der Waals surface area contributed by atoms with Crippen molar-refractivity contribution in [1.29, 1.82) is 0 Å². The van der Waals surface area contributed by atoms with Gasteiger partial charge < -0.3 is 9.53 Å². The number of carbonyl (C=O) groups excluding carboxylic acids is 1. The summed E-state index contributed by atoms with van der Waals surface area (Å²) in [5, 5.41) is 0. The summed E-state index contributed by atoms with van der Waals surface area (Å²) >= 11 is 0. The first-order valence-electron chi connectivity index (χ1n) is 11.8. The van der Waals surface area contributed by atoms with Gasteiger partial charge in [0.05, 0.1) is 6.10 Å². The highest BCUT2D eigenvalue weighted by molar-refractivity contribution is 5.52. The van der Waals surface area contributed by atoms with Gasteiger partial charge in [0.25, 0.3) is 0 Å². The average molecular weight is 365 g/mol. The van der Waals surface area contributed by atoms with Crippen LogP contribution in [0.5, 0.6) is 0 Å². The molecule has 3 atom stereocenters. The Morgan fingerprint density at radius 2 is 1.54 bits per heavy atom. The van der Waals surface area contributed by atoms with E-state index in [0.29, 0.717) is 6.10 Å². The number of rotatable bonds is 15. The molecule has 0 aromatic carbocycles. The second-order valence-electron chi connectivity index (χ2n) is 9.28. The van der Waals surface area contributed by atoms with Crippen LogP contribution in [-0.2, 0) is 9.53 Å². The molecule has 0 aromatic heterocycles. The summed E-state index contributed by atoms with van der Waals surface area (Å²) in [6, 6.07) is 0. The van der Waals surface area contributed by atoms with E-state index in [9.17, 15) is 4.79 Å². The van der Waals surface area contributed by atoms with Crippen molar-refractivity contribution in [3.05, 3.63) is 0 Å². The minimum atomic E-state index is 0.251. The van der Waals surface area contributed by atoms with Crippen LogP contribution in [0.4, 0.5) is 0 Å². The first-order chi connectivity index (χ1) is 12.8. The van der Waals surface area contributed by atoms with Crippen molar-refractivity contribution < 1.29 is 9.53 Å². The minimum absolute atomic E-state index is 0.251. The van der Waals surface area contributed by atoms with Gasteiger partial charge in [-0.2, -0.15) is 0 Å². The molecule has 2 aliphatic carbocycles. The van der Waals surface area contributed by atoms with E-state index in [4.69, 9.17) is 4.74 Å². The first kappa shape index (κ1) is 21.9. The van der Waals surface area contributed by atoms with Crippen LogP contribution in [0.15, 0.2) is 0 Å². The predicted molar refractivity (Wildman–Crippen MR) is 110 cm³/mol. The Kier molecular flexibility index (Phi) is 11.6. The number of aldehydes is 1. The van der Waals surface area contributed by atoms with Gasteiger partial charge in [-0.1, -0.05) is 84.0 Å². The maximum Gasteiger partial charge on any atom is 0.122 e. The van der Waals surface area contributed by atoms with Gasteiger partial charge in [-0.3, -0.25) is 0 Å². The Balaban J connectivity index is 1.35. The SMILES string of the molecule is CC(C=O)CCCCCCCCOC1CCC(CCCC2CCCC2)C1. The van der Waals surface area contributed by atoms with Crippen molar-refractivity contribution in [2.24, 2.45) is 17.8 Å². The molecule has 26 heavy (non-hydrogen) atoms. The third kappa shape index (κ3) is 9.53. The molecule has 0 radical (unpaired) electrons. The molecule has 0 amide bonds. The Labute approximate surface area is 162 Å². The second-order valence-corrected chi connectivity index (χ2v) is 9.28. The van der Waals surface area contributed by atoms with E-state index in [1.807, 2.05) is 6.92 Å². The van der Waals surface area contributed by atoms with E-state index >= 15 is 0 Å². The molecule has 2 saturated carbocycles. The van der Waals surface area contributed by atoms with E-state index in [0.717, 1.165) is 31.1 Å².